The van der Waals surface area contributed by atoms with Gasteiger partial charge in [-0.2, -0.15) is 0 Å². The summed E-state index contributed by atoms with van der Waals surface area (Å²) in [6.07, 6.45) is 0. The second kappa shape index (κ2) is 4.28. The molecule has 0 bridgehead atoms. The van der Waals surface area contributed by atoms with Crippen LogP contribution in [0.4, 0.5) is 5.13 Å². The molecule has 0 saturated carbocycles. The topological polar surface area (TPSA) is 37.8 Å². The largest absolute Gasteiger partial charge is 0.362 e. The predicted molar refractivity (Wildman–Crippen MR) is 66.9 cm³/mol. The van der Waals surface area contributed by atoms with Crippen LogP contribution in [0.2, 0.25) is 0 Å². The number of hydrogen-bond donors (Lipinski definition) is 1. The molecule has 0 amide bonds. The SMILES string of the molecule is CCNc1nc(-c2sc(C)nc2C)cs1. The quantitative estimate of drug-likeness (QED) is 0.893. The summed E-state index contributed by atoms with van der Waals surface area (Å²) in [7, 11) is 0. The van der Waals surface area contributed by atoms with E-state index in [1.54, 1.807) is 22.7 Å². The van der Waals surface area contributed by atoms with Crippen LogP contribution in [0.25, 0.3) is 10.6 Å². The van der Waals surface area contributed by atoms with Gasteiger partial charge in [-0.25, -0.2) is 9.97 Å². The maximum absolute atomic E-state index is 4.52. The van der Waals surface area contributed by atoms with Crippen molar-refractivity contribution in [2.24, 2.45) is 0 Å². The molecular formula is C10H13N3S2. The molecule has 1 N–H and O–H groups in total. The van der Waals surface area contributed by atoms with E-state index in [-0.39, 0.29) is 0 Å². The maximum atomic E-state index is 4.52. The Balaban J connectivity index is 2.32. The van der Waals surface area contributed by atoms with Gasteiger partial charge in [-0.1, -0.05) is 0 Å². The normalized spacial score (nSPS) is 10.6. The third-order valence-corrected chi connectivity index (χ3v) is 3.86. The first-order chi connectivity index (χ1) is 7.20. The van der Waals surface area contributed by atoms with Gasteiger partial charge >= 0.3 is 0 Å². The zero-order chi connectivity index (χ0) is 10.8. The van der Waals surface area contributed by atoms with Crippen LogP contribution >= 0.6 is 22.7 Å². The molecular weight excluding hydrogens is 226 g/mol. The Bertz CT molecular complexity index is 459. The van der Waals surface area contributed by atoms with E-state index in [4.69, 9.17) is 0 Å². The average Bonchev–Trinajstić information content (AvgIpc) is 2.73. The lowest BCUT2D eigenvalue weighted by Gasteiger charge is -1.94. The third-order valence-electron chi connectivity index (χ3n) is 1.97. The third kappa shape index (κ3) is 2.18. The number of nitrogens with one attached hydrogen (secondary N) is 1. The molecule has 0 aliphatic carbocycles. The van der Waals surface area contributed by atoms with Crippen molar-refractivity contribution in [3.8, 4) is 10.6 Å². The van der Waals surface area contributed by atoms with Crippen LogP contribution in [0.1, 0.15) is 17.6 Å². The fourth-order valence-electron chi connectivity index (χ4n) is 1.38. The molecule has 0 unspecified atom stereocenters. The minimum absolute atomic E-state index is 0.910. The van der Waals surface area contributed by atoms with Crippen LogP contribution in [-0.4, -0.2) is 16.5 Å². The Labute approximate surface area is 97.2 Å². The number of thiazole rings is 2. The van der Waals surface area contributed by atoms with Gasteiger partial charge in [0, 0.05) is 11.9 Å². The first-order valence-corrected chi connectivity index (χ1v) is 6.54. The second-order valence-corrected chi connectivity index (χ2v) is 5.28. The summed E-state index contributed by atoms with van der Waals surface area (Å²) in [5.41, 5.74) is 2.12. The van der Waals surface area contributed by atoms with E-state index in [1.807, 2.05) is 13.8 Å². The van der Waals surface area contributed by atoms with Crippen molar-refractivity contribution in [3.05, 3.63) is 16.1 Å². The first-order valence-electron chi connectivity index (χ1n) is 4.84. The number of rotatable bonds is 3. The highest BCUT2D eigenvalue weighted by Gasteiger charge is 2.10. The molecule has 0 aliphatic rings. The molecule has 0 aliphatic heterocycles. The van der Waals surface area contributed by atoms with Gasteiger partial charge in [0.15, 0.2) is 5.13 Å². The Morgan fingerprint density at radius 3 is 2.73 bits per heavy atom. The summed E-state index contributed by atoms with van der Waals surface area (Å²) >= 11 is 3.35. The predicted octanol–water partition coefficient (Wildman–Crippen LogP) is 3.32. The average molecular weight is 239 g/mol. The molecule has 15 heavy (non-hydrogen) atoms. The van der Waals surface area contributed by atoms with Gasteiger partial charge in [0.2, 0.25) is 0 Å². The molecule has 0 radical (unpaired) electrons. The zero-order valence-corrected chi connectivity index (χ0v) is 10.6. The van der Waals surface area contributed by atoms with Gasteiger partial charge in [0.25, 0.3) is 0 Å². The molecule has 2 heterocycles. The van der Waals surface area contributed by atoms with E-state index in [9.17, 15) is 0 Å². The highest BCUT2D eigenvalue weighted by Crippen LogP contribution is 2.31. The molecule has 0 fully saturated rings. The fourth-order valence-corrected chi connectivity index (χ4v) is 3.11. The van der Waals surface area contributed by atoms with Crippen molar-refractivity contribution in [2.45, 2.75) is 20.8 Å². The molecule has 0 spiro atoms. The summed E-state index contributed by atoms with van der Waals surface area (Å²) < 4.78 is 0. The monoisotopic (exact) mass is 239 g/mol. The maximum Gasteiger partial charge on any atom is 0.183 e. The van der Waals surface area contributed by atoms with Gasteiger partial charge in [-0.3, -0.25) is 0 Å². The Morgan fingerprint density at radius 2 is 2.13 bits per heavy atom. The van der Waals surface area contributed by atoms with Gasteiger partial charge in [-0.05, 0) is 20.8 Å². The number of hydrogen-bond acceptors (Lipinski definition) is 5. The zero-order valence-electron chi connectivity index (χ0n) is 9.00. The van der Waals surface area contributed by atoms with E-state index in [1.165, 1.54) is 4.88 Å². The Hall–Kier alpha value is -0.940. The van der Waals surface area contributed by atoms with Crippen molar-refractivity contribution in [3.63, 3.8) is 0 Å². The number of aromatic nitrogens is 2. The molecule has 0 saturated heterocycles. The lowest BCUT2D eigenvalue weighted by molar-refractivity contribution is 1.18. The lowest BCUT2D eigenvalue weighted by Crippen LogP contribution is -1.94. The van der Waals surface area contributed by atoms with E-state index >= 15 is 0 Å². The van der Waals surface area contributed by atoms with Crippen LogP contribution in [-0.2, 0) is 0 Å². The van der Waals surface area contributed by atoms with Crippen molar-refractivity contribution in [2.75, 3.05) is 11.9 Å². The molecule has 0 aromatic carbocycles. The van der Waals surface area contributed by atoms with E-state index in [0.29, 0.717) is 0 Å². The van der Waals surface area contributed by atoms with E-state index in [0.717, 1.165) is 28.1 Å². The minimum atomic E-state index is 0.910. The van der Waals surface area contributed by atoms with Gasteiger partial charge in [-0.15, -0.1) is 22.7 Å². The second-order valence-electron chi connectivity index (χ2n) is 3.22. The summed E-state index contributed by atoms with van der Waals surface area (Å²) in [5.74, 6) is 0. The Kier molecular flexibility index (Phi) is 3.02. The summed E-state index contributed by atoms with van der Waals surface area (Å²) in [4.78, 5) is 10.1. The van der Waals surface area contributed by atoms with Crippen molar-refractivity contribution in [1.82, 2.24) is 9.97 Å². The van der Waals surface area contributed by atoms with E-state index < -0.39 is 0 Å². The summed E-state index contributed by atoms with van der Waals surface area (Å²) in [6.45, 7) is 7.04. The van der Waals surface area contributed by atoms with Crippen LogP contribution in [0, 0.1) is 13.8 Å². The standard InChI is InChI=1S/C10H13N3S2/c1-4-11-10-13-8(5-14-10)9-6(2)12-7(3)15-9/h5H,4H2,1-3H3,(H,11,13). The molecule has 0 atom stereocenters. The minimum Gasteiger partial charge on any atom is -0.362 e. The van der Waals surface area contributed by atoms with Gasteiger partial charge in [0.05, 0.1) is 21.3 Å². The molecule has 3 nitrogen and oxygen atoms in total. The summed E-state index contributed by atoms with van der Waals surface area (Å²) in [6, 6.07) is 0. The summed E-state index contributed by atoms with van der Waals surface area (Å²) in [5, 5.41) is 7.38. The molecule has 2 aromatic rings. The highest BCUT2D eigenvalue weighted by atomic mass is 32.1. The van der Waals surface area contributed by atoms with E-state index in [2.05, 4.69) is 27.6 Å². The molecule has 80 valence electrons. The van der Waals surface area contributed by atoms with Crippen LogP contribution in [0.3, 0.4) is 0 Å². The number of aryl methyl sites for hydroxylation is 2. The van der Waals surface area contributed by atoms with Crippen LogP contribution in [0.5, 0.6) is 0 Å². The number of nitrogens with zero attached hydrogens (tertiary/aromatic N) is 2. The number of anilines is 1. The molecule has 2 aromatic heterocycles. The first kappa shape index (κ1) is 10.6. The molecule has 5 heteroatoms. The highest BCUT2D eigenvalue weighted by molar-refractivity contribution is 7.16. The van der Waals surface area contributed by atoms with Crippen molar-refractivity contribution in [1.29, 1.82) is 0 Å². The van der Waals surface area contributed by atoms with Crippen LogP contribution < -0.4 is 5.32 Å². The molecule has 2 rings (SSSR count). The van der Waals surface area contributed by atoms with Crippen molar-refractivity contribution < 1.29 is 0 Å². The van der Waals surface area contributed by atoms with Gasteiger partial charge < -0.3 is 5.32 Å². The Morgan fingerprint density at radius 1 is 1.33 bits per heavy atom. The van der Waals surface area contributed by atoms with Crippen molar-refractivity contribution >= 4 is 27.8 Å². The smallest absolute Gasteiger partial charge is 0.183 e. The fraction of sp³-hybridized carbons (Fsp3) is 0.400. The van der Waals surface area contributed by atoms with Crippen LogP contribution in [0.15, 0.2) is 5.38 Å². The lowest BCUT2D eigenvalue weighted by atomic mass is 10.3. The van der Waals surface area contributed by atoms with Gasteiger partial charge in [0.1, 0.15) is 0 Å².